The topological polar surface area (TPSA) is 44.2 Å². The number of hydrogen-bond donors (Lipinski definition) is 0. The zero-order chi connectivity index (χ0) is 9.68. The van der Waals surface area contributed by atoms with E-state index in [1.165, 1.54) is 0 Å². The van der Waals surface area contributed by atoms with Crippen LogP contribution in [0.1, 0.15) is 19.5 Å². The van der Waals surface area contributed by atoms with Crippen LogP contribution >= 0.6 is 0 Å². The summed E-state index contributed by atoms with van der Waals surface area (Å²) >= 11 is 0. The number of nitrogens with zero attached hydrogens (tertiary/aromatic N) is 2. The van der Waals surface area contributed by atoms with Crippen LogP contribution in [0.2, 0.25) is 0 Å². The molecule has 0 atom stereocenters. The van der Waals surface area contributed by atoms with Crippen molar-refractivity contribution in [2.24, 2.45) is 0 Å². The molecular formula is C9H14N2O2. The van der Waals surface area contributed by atoms with Gasteiger partial charge in [0.2, 0.25) is 0 Å². The van der Waals surface area contributed by atoms with Gasteiger partial charge in [0, 0.05) is 6.07 Å². The molecule has 0 bridgehead atoms. The van der Waals surface area contributed by atoms with Crippen LogP contribution < -0.4 is 9.47 Å². The van der Waals surface area contributed by atoms with Crippen LogP contribution in [-0.2, 0) is 0 Å². The molecule has 1 rings (SSSR count). The summed E-state index contributed by atoms with van der Waals surface area (Å²) in [6.07, 6.45) is 0. The molecule has 72 valence electrons. The SMILES string of the molecule is CCOc1cc(C)nnc1OCC. The summed E-state index contributed by atoms with van der Waals surface area (Å²) in [5.74, 6) is 1.13. The second-order valence-electron chi connectivity index (χ2n) is 2.52. The number of aryl methyl sites for hydroxylation is 1. The van der Waals surface area contributed by atoms with Crippen LogP contribution in [-0.4, -0.2) is 23.4 Å². The summed E-state index contributed by atoms with van der Waals surface area (Å²) in [4.78, 5) is 0. The predicted octanol–water partition coefficient (Wildman–Crippen LogP) is 1.58. The summed E-state index contributed by atoms with van der Waals surface area (Å²) < 4.78 is 10.6. The first-order chi connectivity index (χ1) is 6.27. The zero-order valence-electron chi connectivity index (χ0n) is 8.20. The fraction of sp³-hybridized carbons (Fsp3) is 0.556. The number of aromatic nitrogens is 2. The number of rotatable bonds is 4. The van der Waals surface area contributed by atoms with Gasteiger partial charge in [0.05, 0.1) is 18.9 Å². The molecule has 0 N–H and O–H groups in total. The Morgan fingerprint density at radius 3 is 2.46 bits per heavy atom. The van der Waals surface area contributed by atoms with Gasteiger partial charge in [-0.15, -0.1) is 5.10 Å². The molecule has 0 radical (unpaired) electrons. The summed E-state index contributed by atoms with van der Waals surface area (Å²) in [5.41, 5.74) is 0.826. The number of hydrogen-bond acceptors (Lipinski definition) is 4. The predicted molar refractivity (Wildman–Crippen MR) is 49.1 cm³/mol. The molecule has 0 fully saturated rings. The first-order valence-electron chi connectivity index (χ1n) is 4.37. The first-order valence-corrected chi connectivity index (χ1v) is 4.37. The van der Waals surface area contributed by atoms with Gasteiger partial charge in [0.1, 0.15) is 0 Å². The van der Waals surface area contributed by atoms with Gasteiger partial charge >= 0.3 is 0 Å². The first kappa shape index (κ1) is 9.77. The van der Waals surface area contributed by atoms with Crippen LogP contribution in [0.25, 0.3) is 0 Å². The molecule has 1 aromatic rings. The van der Waals surface area contributed by atoms with Crippen LogP contribution in [0.4, 0.5) is 0 Å². The van der Waals surface area contributed by atoms with E-state index in [-0.39, 0.29) is 0 Å². The quantitative estimate of drug-likeness (QED) is 0.709. The molecule has 1 heterocycles. The van der Waals surface area contributed by atoms with E-state index in [0.29, 0.717) is 24.8 Å². The molecular weight excluding hydrogens is 168 g/mol. The highest BCUT2D eigenvalue weighted by atomic mass is 16.5. The summed E-state index contributed by atoms with van der Waals surface area (Å²) in [7, 11) is 0. The minimum absolute atomic E-state index is 0.468. The minimum Gasteiger partial charge on any atom is -0.488 e. The van der Waals surface area contributed by atoms with Crippen molar-refractivity contribution < 1.29 is 9.47 Å². The maximum absolute atomic E-state index is 5.34. The lowest BCUT2D eigenvalue weighted by Gasteiger charge is -2.08. The minimum atomic E-state index is 0.468. The Bertz CT molecular complexity index is 276. The molecule has 13 heavy (non-hydrogen) atoms. The molecule has 0 aliphatic heterocycles. The van der Waals surface area contributed by atoms with Crippen molar-refractivity contribution in [3.63, 3.8) is 0 Å². The summed E-state index contributed by atoms with van der Waals surface area (Å²) in [6.45, 7) is 6.86. The van der Waals surface area contributed by atoms with E-state index in [4.69, 9.17) is 9.47 Å². The van der Waals surface area contributed by atoms with Gasteiger partial charge in [0.15, 0.2) is 5.75 Å². The number of ether oxygens (including phenoxy) is 2. The highest BCUT2D eigenvalue weighted by Crippen LogP contribution is 2.23. The van der Waals surface area contributed by atoms with Gasteiger partial charge < -0.3 is 9.47 Å². The lowest BCUT2D eigenvalue weighted by atomic mass is 10.4. The van der Waals surface area contributed by atoms with E-state index in [1.54, 1.807) is 0 Å². The Kier molecular flexibility index (Phi) is 3.49. The van der Waals surface area contributed by atoms with Gasteiger partial charge in [-0.05, 0) is 20.8 Å². The lowest BCUT2D eigenvalue weighted by Crippen LogP contribution is -2.02. The van der Waals surface area contributed by atoms with Crippen molar-refractivity contribution in [3.05, 3.63) is 11.8 Å². The van der Waals surface area contributed by atoms with Gasteiger partial charge in [-0.2, -0.15) is 5.10 Å². The van der Waals surface area contributed by atoms with Gasteiger partial charge in [-0.1, -0.05) is 0 Å². The van der Waals surface area contributed by atoms with E-state index in [2.05, 4.69) is 10.2 Å². The molecule has 0 unspecified atom stereocenters. The Balaban J connectivity index is 2.89. The van der Waals surface area contributed by atoms with Crippen molar-refractivity contribution in [2.75, 3.05) is 13.2 Å². The molecule has 0 saturated heterocycles. The third-order valence-corrected chi connectivity index (χ3v) is 1.43. The lowest BCUT2D eigenvalue weighted by molar-refractivity contribution is 0.274. The monoisotopic (exact) mass is 182 g/mol. The van der Waals surface area contributed by atoms with Crippen molar-refractivity contribution in [3.8, 4) is 11.6 Å². The molecule has 0 aromatic carbocycles. The van der Waals surface area contributed by atoms with Crippen molar-refractivity contribution in [2.45, 2.75) is 20.8 Å². The largest absolute Gasteiger partial charge is 0.488 e. The fourth-order valence-electron chi connectivity index (χ4n) is 0.950. The Hall–Kier alpha value is -1.32. The second kappa shape index (κ2) is 4.64. The van der Waals surface area contributed by atoms with E-state index in [0.717, 1.165) is 5.69 Å². The summed E-state index contributed by atoms with van der Waals surface area (Å²) in [6, 6.07) is 1.82. The third-order valence-electron chi connectivity index (χ3n) is 1.43. The van der Waals surface area contributed by atoms with E-state index < -0.39 is 0 Å². The zero-order valence-corrected chi connectivity index (χ0v) is 8.20. The maximum Gasteiger partial charge on any atom is 0.276 e. The van der Waals surface area contributed by atoms with Crippen molar-refractivity contribution in [1.82, 2.24) is 10.2 Å². The van der Waals surface area contributed by atoms with Crippen LogP contribution in [0, 0.1) is 6.92 Å². The van der Waals surface area contributed by atoms with Gasteiger partial charge in [-0.3, -0.25) is 0 Å². The normalized spacial score (nSPS) is 9.77. The van der Waals surface area contributed by atoms with Crippen molar-refractivity contribution >= 4 is 0 Å². The molecule has 0 aliphatic carbocycles. The van der Waals surface area contributed by atoms with E-state index >= 15 is 0 Å². The molecule has 1 aromatic heterocycles. The average molecular weight is 182 g/mol. The maximum atomic E-state index is 5.34. The van der Waals surface area contributed by atoms with Gasteiger partial charge in [0.25, 0.3) is 5.88 Å². The van der Waals surface area contributed by atoms with Crippen LogP contribution in [0.15, 0.2) is 6.07 Å². The van der Waals surface area contributed by atoms with Gasteiger partial charge in [-0.25, -0.2) is 0 Å². The van der Waals surface area contributed by atoms with Crippen LogP contribution in [0.3, 0.4) is 0 Å². The molecule has 0 aliphatic rings. The average Bonchev–Trinajstić information content (AvgIpc) is 2.10. The third kappa shape index (κ3) is 2.57. The van der Waals surface area contributed by atoms with E-state index in [9.17, 15) is 0 Å². The molecule has 0 saturated carbocycles. The fourth-order valence-corrected chi connectivity index (χ4v) is 0.950. The molecule has 4 nitrogen and oxygen atoms in total. The van der Waals surface area contributed by atoms with E-state index in [1.807, 2.05) is 26.8 Å². The highest BCUT2D eigenvalue weighted by Gasteiger charge is 2.06. The molecule has 4 heteroatoms. The Morgan fingerprint density at radius 1 is 1.15 bits per heavy atom. The molecule has 0 amide bonds. The Labute approximate surface area is 77.9 Å². The highest BCUT2D eigenvalue weighted by molar-refractivity contribution is 5.33. The smallest absolute Gasteiger partial charge is 0.276 e. The van der Waals surface area contributed by atoms with Crippen molar-refractivity contribution in [1.29, 1.82) is 0 Å². The second-order valence-corrected chi connectivity index (χ2v) is 2.52. The Morgan fingerprint density at radius 2 is 1.85 bits per heavy atom. The molecule has 0 spiro atoms. The summed E-state index contributed by atoms with van der Waals surface area (Å²) in [5, 5.41) is 7.77. The standard InChI is InChI=1S/C9H14N2O2/c1-4-12-8-6-7(3)10-11-9(8)13-5-2/h6H,4-5H2,1-3H3. The van der Waals surface area contributed by atoms with Crippen LogP contribution in [0.5, 0.6) is 11.6 Å².